The highest BCUT2D eigenvalue weighted by Gasteiger charge is 2.26. The van der Waals surface area contributed by atoms with Gasteiger partial charge >= 0.3 is 5.97 Å². The minimum absolute atomic E-state index is 0. The second kappa shape index (κ2) is 10.4. The van der Waals surface area contributed by atoms with Crippen LogP contribution in [0.3, 0.4) is 0 Å². The van der Waals surface area contributed by atoms with Crippen molar-refractivity contribution in [1.29, 1.82) is 0 Å². The summed E-state index contributed by atoms with van der Waals surface area (Å²) in [4.78, 5) is 25.2. The number of anilines is 1. The normalized spacial score (nSPS) is 16.3. The number of rotatable bonds is 3. The lowest BCUT2D eigenvalue weighted by atomic mass is 10.1. The van der Waals surface area contributed by atoms with E-state index in [1.54, 1.807) is 11.8 Å². The SMILES string of the molecule is CCn1cc(C(=O)O)c(=O)c2cc(F)c(N3CCNC(C)C3)c(F)c21.CS(=O)(=O)O.Cl. The average molecular weight is 484 g/mol. The van der Waals surface area contributed by atoms with Crippen molar-refractivity contribution in [2.45, 2.75) is 26.4 Å². The second-order valence-electron chi connectivity index (χ2n) is 6.91. The van der Waals surface area contributed by atoms with E-state index in [0.29, 0.717) is 25.9 Å². The van der Waals surface area contributed by atoms with Crippen molar-refractivity contribution in [1.82, 2.24) is 9.88 Å². The molecular formula is C18H24ClF2N3O6S. The van der Waals surface area contributed by atoms with Crippen molar-refractivity contribution < 1.29 is 31.7 Å². The Labute approximate surface area is 183 Å². The number of benzene rings is 1. The summed E-state index contributed by atoms with van der Waals surface area (Å²) in [5, 5.41) is 12.1. The lowest BCUT2D eigenvalue weighted by Gasteiger charge is -2.34. The molecule has 3 rings (SSSR count). The van der Waals surface area contributed by atoms with Gasteiger partial charge in [-0.05, 0) is 19.9 Å². The fourth-order valence-electron chi connectivity index (χ4n) is 3.30. The number of aromatic carboxylic acids is 1. The molecule has 1 aliphatic rings. The van der Waals surface area contributed by atoms with Gasteiger partial charge in [-0.3, -0.25) is 9.35 Å². The number of carboxylic acid groups (broad SMARTS) is 1. The van der Waals surface area contributed by atoms with Crippen LogP contribution in [0, 0.1) is 11.6 Å². The number of pyridine rings is 1. The quantitative estimate of drug-likeness (QED) is 0.563. The standard InChI is InChI=1S/C17H19F2N3O3.CH4O3S.ClH/c1-3-21-8-11(17(24)25)16(23)10-6-12(18)15(13(19)14(10)21)22-5-4-20-9(2)7-22;1-5(2,3)4;/h6,8-9,20H,3-5,7H2,1-2H3,(H,24,25);1H3,(H,2,3,4);1H. The van der Waals surface area contributed by atoms with Gasteiger partial charge in [0.1, 0.15) is 17.1 Å². The molecule has 0 saturated carbocycles. The van der Waals surface area contributed by atoms with Crippen LogP contribution < -0.4 is 15.6 Å². The van der Waals surface area contributed by atoms with Gasteiger partial charge in [0.25, 0.3) is 10.1 Å². The van der Waals surface area contributed by atoms with Crippen molar-refractivity contribution >= 4 is 45.1 Å². The van der Waals surface area contributed by atoms with Crippen LogP contribution >= 0.6 is 12.4 Å². The Morgan fingerprint density at radius 2 is 1.94 bits per heavy atom. The first-order chi connectivity index (χ1) is 13.8. The molecule has 13 heteroatoms. The van der Waals surface area contributed by atoms with Crippen LogP contribution in [0.1, 0.15) is 24.2 Å². The number of nitrogens with zero attached hydrogens (tertiary/aromatic N) is 2. The van der Waals surface area contributed by atoms with Gasteiger partial charge in [0.2, 0.25) is 5.43 Å². The summed E-state index contributed by atoms with van der Waals surface area (Å²) in [6.45, 7) is 5.33. The fourth-order valence-corrected chi connectivity index (χ4v) is 3.30. The maximum Gasteiger partial charge on any atom is 0.341 e. The number of nitrogens with one attached hydrogen (secondary N) is 1. The average Bonchev–Trinajstić information content (AvgIpc) is 2.61. The molecule has 1 unspecified atom stereocenters. The third-order valence-electron chi connectivity index (χ3n) is 4.49. The summed E-state index contributed by atoms with van der Waals surface area (Å²) >= 11 is 0. The van der Waals surface area contributed by atoms with Gasteiger partial charge in [-0.1, -0.05) is 0 Å². The molecule has 0 spiro atoms. The van der Waals surface area contributed by atoms with Crippen LogP contribution in [0.25, 0.3) is 10.9 Å². The Morgan fingerprint density at radius 1 is 1.35 bits per heavy atom. The Morgan fingerprint density at radius 3 is 2.42 bits per heavy atom. The highest BCUT2D eigenvalue weighted by atomic mass is 35.5. The number of hydrogen-bond acceptors (Lipinski definition) is 6. The van der Waals surface area contributed by atoms with Crippen LogP contribution in [0.2, 0.25) is 0 Å². The molecule has 1 aromatic carbocycles. The van der Waals surface area contributed by atoms with Gasteiger partial charge in [-0.2, -0.15) is 8.42 Å². The predicted molar refractivity (Wildman–Crippen MR) is 115 cm³/mol. The van der Waals surface area contributed by atoms with E-state index < -0.39 is 38.7 Å². The largest absolute Gasteiger partial charge is 0.477 e. The molecule has 2 aromatic rings. The maximum atomic E-state index is 15.2. The molecule has 3 N–H and O–H groups in total. The maximum absolute atomic E-state index is 15.2. The Hall–Kier alpha value is -2.28. The Kier molecular flexibility index (Phi) is 8.94. The summed E-state index contributed by atoms with van der Waals surface area (Å²) in [6.07, 6.45) is 1.82. The second-order valence-corrected chi connectivity index (χ2v) is 8.38. The zero-order valence-electron chi connectivity index (χ0n) is 17.1. The number of carbonyl (C=O) groups is 1. The number of halogens is 3. The van der Waals surface area contributed by atoms with Gasteiger partial charge in [0, 0.05) is 38.4 Å². The number of aromatic nitrogens is 1. The van der Waals surface area contributed by atoms with Gasteiger partial charge in [-0.25, -0.2) is 13.6 Å². The van der Waals surface area contributed by atoms with Crippen molar-refractivity contribution in [3.05, 3.63) is 39.7 Å². The Bertz CT molecular complexity index is 1130. The first-order valence-electron chi connectivity index (χ1n) is 9.04. The van der Waals surface area contributed by atoms with Crippen LogP contribution in [-0.2, 0) is 16.7 Å². The number of piperazine rings is 1. The lowest BCUT2D eigenvalue weighted by molar-refractivity contribution is 0.0694. The van der Waals surface area contributed by atoms with E-state index in [1.165, 1.54) is 4.57 Å². The van der Waals surface area contributed by atoms with E-state index in [-0.39, 0.29) is 41.6 Å². The van der Waals surface area contributed by atoms with Crippen LogP contribution in [0.15, 0.2) is 17.1 Å². The molecule has 0 radical (unpaired) electrons. The summed E-state index contributed by atoms with van der Waals surface area (Å²) in [5.41, 5.74) is -1.63. The van der Waals surface area contributed by atoms with E-state index >= 15 is 4.39 Å². The first-order valence-corrected chi connectivity index (χ1v) is 10.9. The lowest BCUT2D eigenvalue weighted by Crippen LogP contribution is -2.49. The van der Waals surface area contributed by atoms with Crippen molar-refractivity contribution in [2.24, 2.45) is 0 Å². The van der Waals surface area contributed by atoms with Crippen LogP contribution in [0.5, 0.6) is 0 Å². The Balaban J connectivity index is 0.000000721. The zero-order valence-corrected chi connectivity index (χ0v) is 18.7. The van der Waals surface area contributed by atoms with E-state index in [4.69, 9.17) is 9.66 Å². The third kappa shape index (κ3) is 6.35. The van der Waals surface area contributed by atoms with Crippen molar-refractivity contribution in [2.75, 3.05) is 30.8 Å². The topological polar surface area (TPSA) is 129 Å². The molecule has 0 bridgehead atoms. The van der Waals surface area contributed by atoms with Crippen molar-refractivity contribution in [3.8, 4) is 0 Å². The first kappa shape index (κ1) is 26.8. The van der Waals surface area contributed by atoms with Gasteiger partial charge in [-0.15, -0.1) is 12.4 Å². The van der Waals surface area contributed by atoms with Crippen LogP contribution in [-0.4, -0.2) is 60.5 Å². The van der Waals surface area contributed by atoms with E-state index in [2.05, 4.69) is 5.32 Å². The van der Waals surface area contributed by atoms with Gasteiger partial charge < -0.3 is 19.9 Å². The third-order valence-corrected chi connectivity index (χ3v) is 4.49. The molecule has 1 aromatic heterocycles. The summed E-state index contributed by atoms with van der Waals surface area (Å²) < 4.78 is 57.0. The molecular weight excluding hydrogens is 460 g/mol. The van der Waals surface area contributed by atoms with Gasteiger partial charge in [0.05, 0.1) is 17.2 Å². The molecule has 1 saturated heterocycles. The monoisotopic (exact) mass is 483 g/mol. The molecule has 174 valence electrons. The number of hydrogen-bond donors (Lipinski definition) is 3. The molecule has 31 heavy (non-hydrogen) atoms. The highest BCUT2D eigenvalue weighted by molar-refractivity contribution is 7.85. The highest BCUT2D eigenvalue weighted by Crippen LogP contribution is 2.30. The predicted octanol–water partition coefficient (Wildman–Crippen LogP) is 1.72. The number of fused-ring (bicyclic) bond motifs is 1. The fraction of sp³-hybridized carbons (Fsp3) is 0.444. The molecule has 1 atom stereocenters. The van der Waals surface area contributed by atoms with Gasteiger partial charge in [0.15, 0.2) is 5.82 Å². The molecule has 2 heterocycles. The summed E-state index contributed by atoms with van der Waals surface area (Å²) in [7, 11) is -3.67. The molecule has 0 amide bonds. The minimum Gasteiger partial charge on any atom is -0.477 e. The molecule has 0 aliphatic carbocycles. The van der Waals surface area contributed by atoms with E-state index in [0.717, 1.165) is 12.3 Å². The molecule has 9 nitrogen and oxygen atoms in total. The zero-order chi connectivity index (χ0) is 22.8. The minimum atomic E-state index is -3.67. The van der Waals surface area contributed by atoms with E-state index in [9.17, 15) is 22.4 Å². The molecule has 1 fully saturated rings. The smallest absolute Gasteiger partial charge is 0.341 e. The van der Waals surface area contributed by atoms with Crippen LogP contribution in [0.4, 0.5) is 14.5 Å². The van der Waals surface area contributed by atoms with E-state index in [1.807, 2.05) is 6.92 Å². The summed E-state index contributed by atoms with van der Waals surface area (Å²) in [5.74, 6) is -3.11. The van der Waals surface area contributed by atoms with Crippen molar-refractivity contribution in [3.63, 3.8) is 0 Å². The summed E-state index contributed by atoms with van der Waals surface area (Å²) in [6, 6.07) is 1.02. The number of carboxylic acids is 1. The number of aryl methyl sites for hydroxylation is 1. The molecule has 1 aliphatic heterocycles.